The molecule has 5 heteroatoms. The molecule has 0 amide bonds. The lowest BCUT2D eigenvalue weighted by atomic mass is 9.81. The van der Waals surface area contributed by atoms with Gasteiger partial charge >= 0.3 is 0 Å². The second-order valence-electron chi connectivity index (χ2n) is 6.94. The summed E-state index contributed by atoms with van der Waals surface area (Å²) in [6.45, 7) is 1.81. The van der Waals surface area contributed by atoms with Gasteiger partial charge in [-0.15, -0.1) is 0 Å². The lowest BCUT2D eigenvalue weighted by Gasteiger charge is -2.23. The molecule has 24 heavy (non-hydrogen) atoms. The minimum atomic E-state index is 0.287. The molecule has 2 heterocycles. The fourth-order valence-electron chi connectivity index (χ4n) is 4.09. The van der Waals surface area contributed by atoms with Gasteiger partial charge in [0, 0.05) is 12.0 Å². The Labute approximate surface area is 142 Å². The Hall–Kier alpha value is -2.32. The number of benzene rings is 1. The number of nitriles is 1. The smallest absolute Gasteiger partial charge is 0.140 e. The van der Waals surface area contributed by atoms with Crippen LogP contribution in [0.25, 0.3) is 0 Å². The Balaban J connectivity index is 1.62. The first-order chi connectivity index (χ1) is 11.8. The van der Waals surface area contributed by atoms with Crippen LogP contribution >= 0.6 is 0 Å². The molecule has 5 nitrogen and oxygen atoms in total. The molecule has 0 saturated carbocycles. The number of aromatic nitrogens is 2. The van der Waals surface area contributed by atoms with E-state index in [4.69, 9.17) is 10.8 Å². The van der Waals surface area contributed by atoms with E-state index in [9.17, 15) is 5.26 Å². The Bertz CT molecular complexity index is 780. The van der Waals surface area contributed by atoms with E-state index in [2.05, 4.69) is 35.7 Å². The molecule has 0 bridgehead atoms. The number of rotatable bonds is 3. The summed E-state index contributed by atoms with van der Waals surface area (Å²) in [4.78, 5) is 0. The monoisotopic (exact) mass is 321 g/mol. The van der Waals surface area contributed by atoms with Crippen LogP contribution in [0.4, 0.5) is 5.82 Å². The van der Waals surface area contributed by atoms with Crippen LogP contribution < -0.4 is 11.1 Å². The molecule has 1 aliphatic carbocycles. The number of hydrogen-bond acceptors (Lipinski definition) is 4. The van der Waals surface area contributed by atoms with Crippen molar-refractivity contribution < 1.29 is 0 Å². The second-order valence-corrected chi connectivity index (χ2v) is 6.94. The molecule has 1 aromatic carbocycles. The predicted molar refractivity (Wildman–Crippen MR) is 93.6 cm³/mol. The molecule has 2 aromatic rings. The van der Waals surface area contributed by atoms with Crippen molar-refractivity contribution in [2.24, 2.45) is 0 Å². The third kappa shape index (κ3) is 2.67. The zero-order valence-electron chi connectivity index (χ0n) is 13.8. The highest BCUT2D eigenvalue weighted by Crippen LogP contribution is 2.35. The van der Waals surface area contributed by atoms with Crippen LogP contribution in [0.3, 0.4) is 0 Å². The molecule has 0 unspecified atom stereocenters. The Morgan fingerprint density at radius 3 is 2.88 bits per heavy atom. The normalized spacial score (nSPS) is 23.0. The zero-order chi connectivity index (χ0) is 16.5. The topological polar surface area (TPSA) is 79.7 Å². The van der Waals surface area contributed by atoms with Gasteiger partial charge in [-0.05, 0) is 49.8 Å². The number of nitrogens with one attached hydrogen (secondary N) is 1. The SMILES string of the molecule is N#Cc1c([C@@H]2CCc3ccccc3C2)nn(C[C@@H]2CCCN2)c1N. The van der Waals surface area contributed by atoms with E-state index in [1.165, 1.54) is 17.5 Å². The van der Waals surface area contributed by atoms with Crippen molar-refractivity contribution in [1.29, 1.82) is 5.26 Å². The van der Waals surface area contributed by atoms with Crippen LogP contribution in [0.15, 0.2) is 24.3 Å². The largest absolute Gasteiger partial charge is 0.383 e. The maximum Gasteiger partial charge on any atom is 0.140 e. The number of aryl methyl sites for hydroxylation is 1. The summed E-state index contributed by atoms with van der Waals surface area (Å²) >= 11 is 0. The van der Waals surface area contributed by atoms with Crippen LogP contribution in [-0.2, 0) is 19.4 Å². The zero-order valence-corrected chi connectivity index (χ0v) is 13.8. The molecule has 124 valence electrons. The molecular weight excluding hydrogens is 298 g/mol. The summed E-state index contributed by atoms with van der Waals surface area (Å²) in [5.74, 6) is 0.815. The summed E-state index contributed by atoms with van der Waals surface area (Å²) < 4.78 is 1.84. The third-order valence-electron chi connectivity index (χ3n) is 5.42. The van der Waals surface area contributed by atoms with Crippen LogP contribution in [0, 0.1) is 11.3 Å². The van der Waals surface area contributed by atoms with Gasteiger partial charge in [-0.3, -0.25) is 0 Å². The number of nitrogens with two attached hydrogens (primary N) is 1. The van der Waals surface area contributed by atoms with Gasteiger partial charge in [0.1, 0.15) is 17.5 Å². The van der Waals surface area contributed by atoms with E-state index < -0.39 is 0 Å². The molecule has 0 radical (unpaired) electrons. The van der Waals surface area contributed by atoms with Crippen LogP contribution in [0.5, 0.6) is 0 Å². The maximum atomic E-state index is 9.60. The van der Waals surface area contributed by atoms with Crippen molar-refractivity contribution in [3.8, 4) is 6.07 Å². The molecular formula is C19H23N5. The fourth-order valence-corrected chi connectivity index (χ4v) is 4.09. The molecule has 1 fully saturated rings. The highest BCUT2D eigenvalue weighted by atomic mass is 15.3. The second kappa shape index (κ2) is 6.29. The Kier molecular flexibility index (Phi) is 3.99. The van der Waals surface area contributed by atoms with Crippen molar-refractivity contribution in [3.63, 3.8) is 0 Å². The van der Waals surface area contributed by atoms with Crippen molar-refractivity contribution in [1.82, 2.24) is 15.1 Å². The van der Waals surface area contributed by atoms with E-state index in [-0.39, 0.29) is 5.92 Å². The highest BCUT2D eigenvalue weighted by molar-refractivity contribution is 5.53. The molecule has 0 spiro atoms. The average molecular weight is 321 g/mol. The van der Waals surface area contributed by atoms with Crippen LogP contribution in [0.1, 0.15) is 47.6 Å². The summed E-state index contributed by atoms with van der Waals surface area (Å²) in [6.07, 6.45) is 5.37. The van der Waals surface area contributed by atoms with Gasteiger partial charge in [0.25, 0.3) is 0 Å². The lowest BCUT2D eigenvalue weighted by Crippen LogP contribution is -2.28. The predicted octanol–water partition coefficient (Wildman–Crippen LogP) is 2.36. The van der Waals surface area contributed by atoms with Gasteiger partial charge in [-0.25, -0.2) is 4.68 Å². The Morgan fingerprint density at radius 2 is 2.12 bits per heavy atom. The molecule has 4 rings (SSSR count). The molecule has 1 aliphatic heterocycles. The first-order valence-electron chi connectivity index (χ1n) is 8.82. The number of nitrogen functional groups attached to an aromatic ring is 1. The van der Waals surface area contributed by atoms with Crippen LogP contribution in [-0.4, -0.2) is 22.4 Å². The summed E-state index contributed by atoms with van der Waals surface area (Å²) in [5, 5.41) is 17.8. The summed E-state index contributed by atoms with van der Waals surface area (Å²) in [7, 11) is 0. The van der Waals surface area contributed by atoms with E-state index >= 15 is 0 Å². The number of nitrogens with zero attached hydrogens (tertiary/aromatic N) is 3. The van der Waals surface area contributed by atoms with E-state index in [0.717, 1.165) is 44.5 Å². The van der Waals surface area contributed by atoms with E-state index in [1.807, 2.05) is 4.68 Å². The van der Waals surface area contributed by atoms with Crippen molar-refractivity contribution in [2.45, 2.75) is 50.6 Å². The first-order valence-corrected chi connectivity index (χ1v) is 8.82. The van der Waals surface area contributed by atoms with Crippen molar-refractivity contribution in [2.75, 3.05) is 12.3 Å². The first kappa shape index (κ1) is 15.2. The van der Waals surface area contributed by atoms with Crippen LogP contribution in [0.2, 0.25) is 0 Å². The third-order valence-corrected chi connectivity index (χ3v) is 5.42. The molecule has 2 aliphatic rings. The minimum absolute atomic E-state index is 0.287. The molecule has 2 atom stereocenters. The van der Waals surface area contributed by atoms with Crippen molar-refractivity contribution in [3.05, 3.63) is 46.6 Å². The van der Waals surface area contributed by atoms with E-state index in [0.29, 0.717) is 17.4 Å². The molecule has 1 saturated heterocycles. The summed E-state index contributed by atoms with van der Waals surface area (Å²) in [5.41, 5.74) is 10.5. The van der Waals surface area contributed by atoms with Gasteiger partial charge in [-0.2, -0.15) is 10.4 Å². The van der Waals surface area contributed by atoms with Gasteiger partial charge in [0.15, 0.2) is 0 Å². The number of anilines is 1. The highest BCUT2D eigenvalue weighted by Gasteiger charge is 2.28. The van der Waals surface area contributed by atoms with Gasteiger partial charge in [0.05, 0.1) is 12.2 Å². The maximum absolute atomic E-state index is 9.60. The van der Waals surface area contributed by atoms with Gasteiger partial charge in [-0.1, -0.05) is 24.3 Å². The minimum Gasteiger partial charge on any atom is -0.383 e. The average Bonchev–Trinajstić information content (AvgIpc) is 3.23. The standard InChI is InChI=1S/C19H23N5/c20-11-17-18(15-8-7-13-4-1-2-5-14(13)10-15)23-24(19(17)21)12-16-6-3-9-22-16/h1-2,4-5,15-16,22H,3,6-10,12,21H2/t15-,16+/m1/s1. The van der Waals surface area contributed by atoms with Gasteiger partial charge in [0.2, 0.25) is 0 Å². The number of fused-ring (bicyclic) bond motifs is 1. The van der Waals surface area contributed by atoms with E-state index in [1.54, 1.807) is 0 Å². The van der Waals surface area contributed by atoms with Crippen molar-refractivity contribution >= 4 is 5.82 Å². The summed E-state index contributed by atoms with van der Waals surface area (Å²) in [6, 6.07) is 11.3. The Morgan fingerprint density at radius 1 is 1.29 bits per heavy atom. The van der Waals surface area contributed by atoms with Gasteiger partial charge < -0.3 is 11.1 Å². The molecule has 3 N–H and O–H groups in total. The number of hydrogen-bond donors (Lipinski definition) is 2. The molecule has 1 aromatic heterocycles. The lowest BCUT2D eigenvalue weighted by molar-refractivity contribution is 0.469. The fraction of sp³-hybridized carbons (Fsp3) is 0.474. The quantitative estimate of drug-likeness (QED) is 0.909.